The fraction of sp³-hybridized carbons (Fsp3) is 0.510. The number of nitrogens with one attached hydrogen (secondary N) is 3. The molecule has 2 aliphatic rings. The van der Waals surface area contributed by atoms with Gasteiger partial charge in [0.25, 0.3) is 0 Å². The van der Waals surface area contributed by atoms with Gasteiger partial charge in [0.2, 0.25) is 23.6 Å². The van der Waals surface area contributed by atoms with Gasteiger partial charge in [-0.05, 0) is 97.1 Å². The van der Waals surface area contributed by atoms with Crippen LogP contribution in [0, 0.1) is 19.3 Å². The molecule has 1 saturated heterocycles. The summed E-state index contributed by atoms with van der Waals surface area (Å²) in [5, 5.41) is 13.9. The Morgan fingerprint density at radius 1 is 0.890 bits per heavy atom. The van der Waals surface area contributed by atoms with E-state index in [1.165, 1.54) is 31.5 Å². The minimum atomic E-state index is -3.90. The number of primary amides is 1. The lowest BCUT2D eigenvalue weighted by Gasteiger charge is -2.41. The monoisotopic (exact) mass is 1020 g/mol. The first-order valence-corrected chi connectivity index (χ1v) is 25.7. The molecule has 2 aromatic carbocycles. The number of hydrogen-bond donors (Lipinski definition) is 4. The Balaban J connectivity index is 1.04. The molecule has 0 saturated carbocycles. The quantitative estimate of drug-likeness (QED) is 0.0988. The summed E-state index contributed by atoms with van der Waals surface area (Å²) in [6, 6.07) is 7.26. The number of aryl methyl sites for hydroxylation is 1. The highest BCUT2D eigenvalue weighted by molar-refractivity contribution is 7.92. The Bertz CT molecular complexity index is 3020. The molecule has 73 heavy (non-hydrogen) atoms. The van der Waals surface area contributed by atoms with E-state index in [-0.39, 0.29) is 35.6 Å². The van der Waals surface area contributed by atoms with Crippen molar-refractivity contribution in [2.75, 3.05) is 30.4 Å². The molecule has 1 fully saturated rings. The number of aromatic nitrogens is 6. The van der Waals surface area contributed by atoms with Gasteiger partial charge in [-0.15, -0.1) is 0 Å². The predicted molar refractivity (Wildman–Crippen MR) is 274 cm³/mol. The number of nitrogens with two attached hydrogens (primary N) is 1. The number of likely N-dealkylation sites (N-methyl/N-ethyl adjacent to an activating group) is 1. The van der Waals surface area contributed by atoms with E-state index in [0.29, 0.717) is 65.6 Å². The first kappa shape index (κ1) is 53.7. The van der Waals surface area contributed by atoms with Gasteiger partial charge >= 0.3 is 6.09 Å². The summed E-state index contributed by atoms with van der Waals surface area (Å²) in [4.78, 5) is 76.3. The van der Waals surface area contributed by atoms with Gasteiger partial charge < -0.3 is 40.4 Å². The van der Waals surface area contributed by atoms with Gasteiger partial charge in [0, 0.05) is 74.7 Å². The third kappa shape index (κ3) is 11.9. The van der Waals surface area contributed by atoms with Crippen LogP contribution in [0.3, 0.4) is 0 Å². The van der Waals surface area contributed by atoms with Crippen LogP contribution in [0.25, 0.3) is 10.9 Å². The lowest BCUT2D eigenvalue weighted by molar-refractivity contribution is -0.146. The zero-order valence-electron chi connectivity index (χ0n) is 43.9. The summed E-state index contributed by atoms with van der Waals surface area (Å²) in [6.07, 6.45) is 3.05. The van der Waals surface area contributed by atoms with E-state index in [0.717, 1.165) is 21.7 Å². The Labute approximate surface area is 426 Å². The lowest BCUT2D eigenvalue weighted by Crippen LogP contribution is -2.61. The van der Waals surface area contributed by atoms with Crippen LogP contribution in [0.1, 0.15) is 104 Å². The molecule has 5 N–H and O–H groups in total. The molecule has 22 heteroatoms. The van der Waals surface area contributed by atoms with Crippen molar-refractivity contribution in [1.29, 1.82) is 0 Å². The van der Waals surface area contributed by atoms with Crippen LogP contribution >= 0.6 is 0 Å². The molecule has 5 aromatic rings. The molecule has 392 valence electrons. The Morgan fingerprint density at radius 2 is 1.58 bits per heavy atom. The third-order valence-corrected chi connectivity index (χ3v) is 15.7. The number of benzene rings is 2. The topological polar surface area (TPSA) is 270 Å². The normalized spacial score (nSPS) is 16.5. The average molecular weight is 1030 g/mol. The number of carbonyl (C=O) groups is 4. The number of sulfone groups is 1. The minimum absolute atomic E-state index is 0.000966. The molecule has 7 rings (SSSR count). The molecule has 0 unspecified atom stereocenters. The highest BCUT2D eigenvalue weighted by atomic mass is 32.2. The van der Waals surface area contributed by atoms with Gasteiger partial charge in [0.15, 0.2) is 15.7 Å². The lowest BCUT2D eigenvalue weighted by atomic mass is 9.84. The number of hydrogen-bond acceptors (Lipinski definition) is 16. The molecule has 0 aliphatic carbocycles. The van der Waals surface area contributed by atoms with E-state index in [1.807, 2.05) is 19.9 Å². The van der Waals surface area contributed by atoms with E-state index in [2.05, 4.69) is 45.7 Å². The molecule has 3 aromatic heterocycles. The van der Waals surface area contributed by atoms with Crippen molar-refractivity contribution in [2.45, 2.75) is 148 Å². The summed E-state index contributed by atoms with van der Waals surface area (Å²) in [5.41, 5.74) is 8.13. The molecule has 0 spiro atoms. The van der Waals surface area contributed by atoms with Crippen LogP contribution < -0.4 is 30.7 Å². The SMILES string of the molecule is Cc1[nH]nc(Nc2ncnc3cc(OC4CCN(c5cc(Oc6ccc7c(c6)CN(C(=O)[C@@H](NC(=O)[C@H](C)N(C)C(=O)OC(C)(C)C)C(C)(C)C)[C@H](C(N)=O)C7)ncn5)CC4)c(S(=O)(=O)C(C)(C)C)cc23)c1C. The molecular weight excluding hydrogens is 957 g/mol. The minimum Gasteiger partial charge on any atom is -0.489 e. The molecule has 4 amide bonds. The number of rotatable bonds is 13. The number of anilines is 3. The second kappa shape index (κ2) is 20.4. The van der Waals surface area contributed by atoms with Crippen LogP contribution in [-0.4, -0.2) is 127 Å². The van der Waals surface area contributed by atoms with Crippen LogP contribution in [-0.2, 0) is 41.9 Å². The summed E-state index contributed by atoms with van der Waals surface area (Å²) < 4.78 is 45.5. The number of H-pyrrole nitrogens is 1. The van der Waals surface area contributed by atoms with Crippen LogP contribution in [0.2, 0.25) is 0 Å². The van der Waals surface area contributed by atoms with Crippen molar-refractivity contribution in [3.63, 3.8) is 0 Å². The molecule has 5 heterocycles. The summed E-state index contributed by atoms with van der Waals surface area (Å²) in [7, 11) is -2.46. The van der Waals surface area contributed by atoms with Crippen molar-refractivity contribution < 1.29 is 41.8 Å². The van der Waals surface area contributed by atoms with E-state index in [4.69, 9.17) is 19.9 Å². The number of fused-ring (bicyclic) bond motifs is 2. The molecule has 0 bridgehead atoms. The maximum absolute atomic E-state index is 14.5. The summed E-state index contributed by atoms with van der Waals surface area (Å²) in [5.74, 6) is 0.730. The van der Waals surface area contributed by atoms with Crippen molar-refractivity contribution in [3.05, 3.63) is 71.4 Å². The highest BCUT2D eigenvalue weighted by Crippen LogP contribution is 2.39. The zero-order chi connectivity index (χ0) is 53.5. The van der Waals surface area contributed by atoms with Gasteiger partial charge in [0.05, 0.1) is 10.3 Å². The number of carbonyl (C=O) groups excluding carboxylic acids is 4. The van der Waals surface area contributed by atoms with E-state index in [9.17, 15) is 27.6 Å². The zero-order valence-corrected chi connectivity index (χ0v) is 44.7. The first-order chi connectivity index (χ1) is 34.0. The van der Waals surface area contributed by atoms with E-state index in [1.54, 1.807) is 92.6 Å². The van der Waals surface area contributed by atoms with Gasteiger partial charge in [-0.25, -0.2) is 33.1 Å². The fourth-order valence-corrected chi connectivity index (χ4v) is 9.74. The van der Waals surface area contributed by atoms with Crippen LogP contribution in [0.4, 0.5) is 22.2 Å². The van der Waals surface area contributed by atoms with E-state index < -0.39 is 67.5 Å². The van der Waals surface area contributed by atoms with E-state index >= 15 is 0 Å². The third-order valence-electron chi connectivity index (χ3n) is 13.2. The molecule has 3 atom stereocenters. The Kier molecular flexibility index (Phi) is 15.0. The number of aromatic amines is 1. The van der Waals surface area contributed by atoms with Crippen molar-refractivity contribution in [2.24, 2.45) is 11.1 Å². The molecular formula is C51H68N12O9S. The number of ether oxygens (including phenoxy) is 3. The Morgan fingerprint density at radius 3 is 2.19 bits per heavy atom. The van der Waals surface area contributed by atoms with Crippen molar-refractivity contribution >= 4 is 62.0 Å². The fourth-order valence-electron chi connectivity index (χ4n) is 8.43. The maximum atomic E-state index is 14.5. The van der Waals surface area contributed by atoms with Crippen molar-refractivity contribution in [3.8, 4) is 17.4 Å². The predicted octanol–water partition coefficient (Wildman–Crippen LogP) is 6.44. The second-order valence-corrected chi connectivity index (χ2v) is 24.5. The van der Waals surface area contributed by atoms with Crippen LogP contribution in [0.15, 0.2) is 53.9 Å². The number of nitrogens with zero attached hydrogens (tertiary/aromatic N) is 8. The largest absolute Gasteiger partial charge is 0.489 e. The molecule has 21 nitrogen and oxygen atoms in total. The Hall–Kier alpha value is -7.10. The van der Waals surface area contributed by atoms with Gasteiger partial charge in [-0.1, -0.05) is 26.8 Å². The number of piperidine rings is 1. The summed E-state index contributed by atoms with van der Waals surface area (Å²) in [6.45, 7) is 22.0. The first-order valence-electron chi connectivity index (χ1n) is 24.2. The summed E-state index contributed by atoms with van der Waals surface area (Å²) >= 11 is 0. The van der Waals surface area contributed by atoms with Gasteiger partial charge in [-0.3, -0.25) is 24.4 Å². The molecule has 2 aliphatic heterocycles. The maximum Gasteiger partial charge on any atom is 0.410 e. The smallest absolute Gasteiger partial charge is 0.410 e. The second-order valence-electron chi connectivity index (χ2n) is 21.8. The van der Waals surface area contributed by atoms with Crippen molar-refractivity contribution in [1.82, 2.24) is 45.2 Å². The van der Waals surface area contributed by atoms with Gasteiger partial charge in [-0.2, -0.15) is 5.10 Å². The highest BCUT2D eigenvalue weighted by Gasteiger charge is 2.43. The van der Waals surface area contributed by atoms with Gasteiger partial charge in [0.1, 0.15) is 70.5 Å². The average Bonchev–Trinajstić information content (AvgIpc) is 3.63. The van der Waals surface area contributed by atoms with Crippen LogP contribution in [0.5, 0.6) is 17.4 Å². The standard InChI is InChI=1S/C51H68N12O9S/c1-28-29(2)59-60-44(28)58-45-35-22-39(73(68,69)51(10,11)12)38(23-36(35)53-26-56-45)70-33-16-18-62(19-17-33)40-24-41(55-27-54-40)71-34-15-14-31-21-37(43(52)64)63(25-32(31)20-34)47(66)42(49(4,5)6)57-46(65)30(3)61(13)48(67)72-50(7,8)9/h14-15,20,22-24,26-27,30,33,37,42H,16-19,21,25H2,1-13H3,(H2,52,64)(H,57,65)(H2,53,56,58,59,60)/t30-,37-,42+/m0/s1. The molecule has 0 radical (unpaired) electrons. The number of amides is 4.